The molecule has 0 aliphatic rings. The highest BCUT2D eigenvalue weighted by Crippen LogP contribution is 2.33. The van der Waals surface area contributed by atoms with Crippen LogP contribution < -0.4 is 4.74 Å². The monoisotopic (exact) mass is 358 g/mol. The zero-order valence-corrected chi connectivity index (χ0v) is 14.4. The summed E-state index contributed by atoms with van der Waals surface area (Å²) in [5, 5.41) is 0.696. The first-order valence-electron chi connectivity index (χ1n) is 8.00. The normalized spacial score (nSPS) is 11.8. The van der Waals surface area contributed by atoms with E-state index in [-0.39, 0.29) is 0 Å². The summed E-state index contributed by atoms with van der Waals surface area (Å²) in [6.45, 7) is 3.02. The molecule has 0 saturated carbocycles. The molecular formula is C17H16F2N6O. The van der Waals surface area contributed by atoms with E-state index in [0.717, 1.165) is 5.56 Å². The van der Waals surface area contributed by atoms with Gasteiger partial charge in [0.1, 0.15) is 22.8 Å². The van der Waals surface area contributed by atoms with Gasteiger partial charge in [-0.1, -0.05) is 0 Å². The number of imidazole rings is 1. The van der Waals surface area contributed by atoms with Crippen molar-refractivity contribution < 1.29 is 13.5 Å². The number of aromatic amines is 1. The molecule has 0 radical (unpaired) electrons. The molecule has 0 amide bonds. The van der Waals surface area contributed by atoms with Gasteiger partial charge in [-0.25, -0.2) is 23.7 Å². The number of hydrogen-bond acceptors (Lipinski definition) is 5. The highest BCUT2D eigenvalue weighted by atomic mass is 19.3. The topological polar surface area (TPSA) is 81.5 Å². The molecule has 9 heteroatoms. The second-order valence-electron chi connectivity index (χ2n) is 5.91. The van der Waals surface area contributed by atoms with E-state index in [1.807, 2.05) is 0 Å². The van der Waals surface area contributed by atoms with E-state index in [0.29, 0.717) is 45.4 Å². The first-order valence-corrected chi connectivity index (χ1v) is 8.00. The van der Waals surface area contributed by atoms with Crippen molar-refractivity contribution in [3.63, 3.8) is 0 Å². The van der Waals surface area contributed by atoms with Crippen LogP contribution in [0.2, 0.25) is 0 Å². The molecule has 0 spiro atoms. The van der Waals surface area contributed by atoms with Crippen molar-refractivity contribution in [2.24, 2.45) is 0 Å². The number of ether oxygens (including phenoxy) is 1. The third kappa shape index (κ3) is 2.56. The smallest absolute Gasteiger partial charge is 0.256 e. The first kappa shape index (κ1) is 16.4. The quantitative estimate of drug-likeness (QED) is 0.606. The standard InChI is InChI=1S/C17H16F2N6O/c1-8-21-15-14(17(22-8)26-3)10(6-20-15)11-4-5-12-16(24-11)25(7-13(18)19)9(2)23-12/h4-6,13H,7H2,1-3H3,(H,20,21,22). The number of aromatic nitrogens is 6. The number of pyridine rings is 1. The molecule has 0 bridgehead atoms. The van der Waals surface area contributed by atoms with Gasteiger partial charge in [0.05, 0.1) is 24.7 Å². The van der Waals surface area contributed by atoms with Crippen molar-refractivity contribution in [3.05, 3.63) is 30.0 Å². The number of rotatable bonds is 4. The maximum atomic E-state index is 12.9. The van der Waals surface area contributed by atoms with Crippen molar-refractivity contribution in [1.82, 2.24) is 29.5 Å². The molecule has 4 heterocycles. The average Bonchev–Trinajstić information content (AvgIpc) is 3.15. The number of nitrogens with zero attached hydrogens (tertiary/aromatic N) is 5. The highest BCUT2D eigenvalue weighted by Gasteiger charge is 2.18. The fraction of sp³-hybridized carbons (Fsp3) is 0.294. The van der Waals surface area contributed by atoms with Gasteiger partial charge in [-0.05, 0) is 26.0 Å². The summed E-state index contributed by atoms with van der Waals surface area (Å²) < 4.78 is 32.6. The number of fused-ring (bicyclic) bond motifs is 2. The Kier molecular flexibility index (Phi) is 3.78. The second kappa shape index (κ2) is 6.01. The molecule has 0 fully saturated rings. The highest BCUT2D eigenvalue weighted by molar-refractivity contribution is 5.97. The minimum atomic E-state index is -2.49. The van der Waals surface area contributed by atoms with Gasteiger partial charge in [-0.2, -0.15) is 4.98 Å². The molecule has 0 atom stereocenters. The number of aryl methyl sites for hydroxylation is 2. The lowest BCUT2D eigenvalue weighted by Crippen LogP contribution is -2.08. The summed E-state index contributed by atoms with van der Waals surface area (Å²) in [6.07, 6.45) is -0.725. The molecule has 0 unspecified atom stereocenters. The Balaban J connectivity index is 1.93. The van der Waals surface area contributed by atoms with Gasteiger partial charge in [-0.15, -0.1) is 0 Å². The second-order valence-corrected chi connectivity index (χ2v) is 5.91. The molecule has 4 aromatic rings. The van der Waals surface area contributed by atoms with Crippen LogP contribution in [0.1, 0.15) is 11.6 Å². The van der Waals surface area contributed by atoms with E-state index in [2.05, 4.69) is 24.9 Å². The predicted octanol–water partition coefficient (Wildman–Crippen LogP) is 3.26. The van der Waals surface area contributed by atoms with Crippen molar-refractivity contribution in [2.45, 2.75) is 26.8 Å². The summed E-state index contributed by atoms with van der Waals surface area (Å²) >= 11 is 0. The summed E-state index contributed by atoms with van der Waals surface area (Å²) in [5.41, 5.74) is 2.96. The van der Waals surface area contributed by atoms with Crippen molar-refractivity contribution >= 4 is 22.2 Å². The van der Waals surface area contributed by atoms with Gasteiger partial charge in [-0.3, -0.25) is 0 Å². The minimum Gasteiger partial charge on any atom is -0.480 e. The molecule has 0 saturated heterocycles. The van der Waals surface area contributed by atoms with Gasteiger partial charge >= 0.3 is 0 Å². The van der Waals surface area contributed by atoms with Crippen molar-refractivity contribution in [1.29, 1.82) is 0 Å². The van der Waals surface area contributed by atoms with Crippen molar-refractivity contribution in [2.75, 3.05) is 7.11 Å². The Morgan fingerprint density at radius 1 is 1.15 bits per heavy atom. The number of H-pyrrole nitrogens is 1. The van der Waals surface area contributed by atoms with Crippen LogP contribution in [0, 0.1) is 13.8 Å². The third-order valence-electron chi connectivity index (χ3n) is 4.18. The Morgan fingerprint density at radius 2 is 1.96 bits per heavy atom. The van der Waals surface area contributed by atoms with E-state index in [1.165, 1.54) is 11.7 Å². The van der Waals surface area contributed by atoms with E-state index in [9.17, 15) is 8.78 Å². The zero-order chi connectivity index (χ0) is 18.4. The summed E-state index contributed by atoms with van der Waals surface area (Å²) in [6, 6.07) is 3.57. The van der Waals surface area contributed by atoms with Crippen LogP contribution in [0.15, 0.2) is 18.3 Å². The first-order chi connectivity index (χ1) is 12.5. The van der Waals surface area contributed by atoms with E-state index in [1.54, 1.807) is 32.2 Å². The summed E-state index contributed by atoms with van der Waals surface area (Å²) in [4.78, 5) is 20.6. The third-order valence-corrected chi connectivity index (χ3v) is 4.18. The maximum Gasteiger partial charge on any atom is 0.256 e. The van der Waals surface area contributed by atoms with Crippen LogP contribution in [0.25, 0.3) is 33.5 Å². The molecule has 4 rings (SSSR count). The zero-order valence-electron chi connectivity index (χ0n) is 14.4. The average molecular weight is 358 g/mol. The van der Waals surface area contributed by atoms with E-state index in [4.69, 9.17) is 4.74 Å². The van der Waals surface area contributed by atoms with Crippen LogP contribution in [-0.4, -0.2) is 43.0 Å². The van der Waals surface area contributed by atoms with Gasteiger partial charge in [0.15, 0.2) is 5.65 Å². The molecule has 0 aromatic carbocycles. The van der Waals surface area contributed by atoms with Crippen LogP contribution in [-0.2, 0) is 6.54 Å². The Morgan fingerprint density at radius 3 is 2.69 bits per heavy atom. The number of methoxy groups -OCH3 is 1. The Bertz CT molecular complexity index is 1120. The molecule has 7 nitrogen and oxygen atoms in total. The van der Waals surface area contributed by atoms with Crippen LogP contribution in [0.3, 0.4) is 0 Å². The Hall–Kier alpha value is -3.10. The summed E-state index contributed by atoms with van der Waals surface area (Å²) in [7, 11) is 1.54. The van der Waals surface area contributed by atoms with Gasteiger partial charge in [0.2, 0.25) is 5.88 Å². The fourth-order valence-electron chi connectivity index (χ4n) is 3.08. The molecule has 0 aliphatic heterocycles. The SMILES string of the molecule is COc1nc(C)nc2[nH]cc(-c3ccc4nc(C)n(CC(F)F)c4n3)c12. The van der Waals surface area contributed by atoms with Gasteiger partial charge < -0.3 is 14.3 Å². The van der Waals surface area contributed by atoms with E-state index >= 15 is 0 Å². The van der Waals surface area contributed by atoms with Gasteiger partial charge in [0, 0.05) is 11.8 Å². The number of hydrogen-bond donors (Lipinski definition) is 1. The summed E-state index contributed by atoms with van der Waals surface area (Å²) in [5.74, 6) is 1.51. The molecule has 4 aromatic heterocycles. The van der Waals surface area contributed by atoms with Crippen LogP contribution >= 0.6 is 0 Å². The number of alkyl halides is 2. The van der Waals surface area contributed by atoms with Crippen LogP contribution in [0.4, 0.5) is 8.78 Å². The molecule has 26 heavy (non-hydrogen) atoms. The lowest BCUT2D eigenvalue weighted by atomic mass is 10.1. The molecule has 0 aliphatic carbocycles. The number of nitrogens with one attached hydrogen (secondary N) is 1. The fourth-order valence-corrected chi connectivity index (χ4v) is 3.08. The lowest BCUT2D eigenvalue weighted by Gasteiger charge is -2.07. The van der Waals surface area contributed by atoms with Gasteiger partial charge in [0.25, 0.3) is 6.43 Å². The molecule has 1 N–H and O–H groups in total. The molecular weight excluding hydrogens is 342 g/mol. The molecule has 134 valence electrons. The van der Waals surface area contributed by atoms with Crippen molar-refractivity contribution in [3.8, 4) is 17.1 Å². The van der Waals surface area contributed by atoms with Crippen LogP contribution in [0.5, 0.6) is 5.88 Å². The van der Waals surface area contributed by atoms with E-state index < -0.39 is 13.0 Å². The largest absolute Gasteiger partial charge is 0.480 e. The minimum absolute atomic E-state index is 0.418. The maximum absolute atomic E-state index is 12.9. The predicted molar refractivity (Wildman–Crippen MR) is 92.4 cm³/mol. The number of halogens is 2. The lowest BCUT2D eigenvalue weighted by molar-refractivity contribution is 0.127. The Labute approximate surface area is 147 Å².